The number of pyridine rings is 1. The van der Waals surface area contributed by atoms with Gasteiger partial charge in [0.2, 0.25) is 0 Å². The maximum absolute atomic E-state index is 12.5. The Labute approximate surface area is 171 Å². The van der Waals surface area contributed by atoms with Crippen LogP contribution in [0.2, 0.25) is 0 Å². The van der Waals surface area contributed by atoms with Crippen molar-refractivity contribution in [1.82, 2.24) is 15.2 Å². The average Bonchev–Trinajstić information content (AvgIpc) is 2.78. The third kappa shape index (κ3) is 6.20. The van der Waals surface area contributed by atoms with E-state index in [1.165, 1.54) is 0 Å². The summed E-state index contributed by atoms with van der Waals surface area (Å²) in [6.45, 7) is 4.52. The molecule has 0 unspecified atom stereocenters. The summed E-state index contributed by atoms with van der Waals surface area (Å²) in [5, 5.41) is 2.93. The van der Waals surface area contributed by atoms with Crippen molar-refractivity contribution in [2.24, 2.45) is 5.92 Å². The van der Waals surface area contributed by atoms with Crippen molar-refractivity contribution in [3.05, 3.63) is 54.4 Å². The van der Waals surface area contributed by atoms with Gasteiger partial charge in [-0.3, -0.25) is 14.6 Å². The highest BCUT2D eigenvalue weighted by molar-refractivity contribution is 5.94. The van der Waals surface area contributed by atoms with E-state index in [4.69, 9.17) is 9.47 Å². The summed E-state index contributed by atoms with van der Waals surface area (Å²) in [5.41, 5.74) is 0.665. The molecule has 1 aromatic heterocycles. The fourth-order valence-electron chi connectivity index (χ4n) is 3.27. The molecule has 1 aromatic carbocycles. The summed E-state index contributed by atoms with van der Waals surface area (Å²) >= 11 is 0. The number of carbonyl (C=O) groups is 2. The van der Waals surface area contributed by atoms with Gasteiger partial charge in [-0.25, -0.2) is 0 Å². The highest BCUT2D eigenvalue weighted by Crippen LogP contribution is 2.19. The smallest absolute Gasteiger partial charge is 0.257 e. The van der Waals surface area contributed by atoms with Crippen LogP contribution in [0.3, 0.4) is 0 Å². The number of aromatic nitrogens is 1. The van der Waals surface area contributed by atoms with E-state index in [1.54, 1.807) is 36.7 Å². The lowest BCUT2D eigenvalue weighted by Gasteiger charge is -2.32. The zero-order valence-electron chi connectivity index (χ0n) is 16.7. The van der Waals surface area contributed by atoms with Crippen LogP contribution >= 0.6 is 0 Å². The van der Waals surface area contributed by atoms with Crippen molar-refractivity contribution in [3.63, 3.8) is 0 Å². The third-order valence-corrected chi connectivity index (χ3v) is 4.92. The van der Waals surface area contributed by atoms with Crippen LogP contribution in [0, 0.1) is 5.92 Å². The lowest BCUT2D eigenvalue weighted by Crippen LogP contribution is -2.42. The van der Waals surface area contributed by atoms with Crippen LogP contribution in [-0.2, 0) is 4.79 Å². The molecule has 0 bridgehead atoms. The zero-order chi connectivity index (χ0) is 20.5. The quantitative estimate of drug-likeness (QED) is 0.740. The zero-order valence-corrected chi connectivity index (χ0v) is 16.7. The number of ether oxygens (including phenoxy) is 2. The van der Waals surface area contributed by atoms with E-state index in [9.17, 15) is 9.59 Å². The topological polar surface area (TPSA) is 80.8 Å². The number of hydrogen-bond donors (Lipinski definition) is 1. The first kappa shape index (κ1) is 20.6. The lowest BCUT2D eigenvalue weighted by molar-refractivity contribution is -0.123. The first-order valence-corrected chi connectivity index (χ1v) is 9.97. The molecular weight excluding hydrogens is 370 g/mol. The van der Waals surface area contributed by atoms with Crippen molar-refractivity contribution in [2.45, 2.75) is 19.8 Å². The van der Waals surface area contributed by atoms with Crippen LogP contribution in [0.15, 0.2) is 48.8 Å². The summed E-state index contributed by atoms with van der Waals surface area (Å²) in [4.78, 5) is 30.3. The Hall–Kier alpha value is -3.09. The van der Waals surface area contributed by atoms with Gasteiger partial charge in [0.1, 0.15) is 11.5 Å². The van der Waals surface area contributed by atoms with E-state index < -0.39 is 0 Å². The largest absolute Gasteiger partial charge is 0.494 e. The molecular formula is C22H27N3O4. The summed E-state index contributed by atoms with van der Waals surface area (Å²) in [6, 6.07) is 10.7. The van der Waals surface area contributed by atoms with Crippen LogP contribution in [0.25, 0.3) is 0 Å². The molecule has 7 heteroatoms. The van der Waals surface area contributed by atoms with E-state index in [0.717, 1.165) is 18.6 Å². The van der Waals surface area contributed by atoms with E-state index in [-0.39, 0.29) is 18.4 Å². The predicted molar refractivity (Wildman–Crippen MR) is 109 cm³/mol. The predicted octanol–water partition coefficient (Wildman–Crippen LogP) is 2.53. The molecule has 29 heavy (non-hydrogen) atoms. The van der Waals surface area contributed by atoms with Gasteiger partial charge in [-0.2, -0.15) is 0 Å². The van der Waals surface area contributed by atoms with Crippen LogP contribution < -0.4 is 14.8 Å². The maximum Gasteiger partial charge on any atom is 0.257 e. The molecule has 0 aliphatic carbocycles. The number of benzene rings is 1. The molecule has 2 heterocycles. The van der Waals surface area contributed by atoms with Crippen molar-refractivity contribution in [1.29, 1.82) is 0 Å². The Kier molecular flexibility index (Phi) is 7.44. The number of carbonyl (C=O) groups excluding carboxylic acids is 2. The van der Waals surface area contributed by atoms with Gasteiger partial charge in [0.15, 0.2) is 6.61 Å². The minimum Gasteiger partial charge on any atom is -0.494 e. The monoisotopic (exact) mass is 397 g/mol. The highest BCUT2D eigenvalue weighted by Gasteiger charge is 2.23. The minimum absolute atomic E-state index is 0.0205. The van der Waals surface area contributed by atoms with Crippen molar-refractivity contribution in [3.8, 4) is 11.5 Å². The SMILES string of the molecule is CCOc1ccc(OCC(=O)NCC2CCN(C(=O)c3ccncc3)CC2)cc1. The van der Waals surface area contributed by atoms with Crippen LogP contribution in [0.5, 0.6) is 11.5 Å². The Bertz CT molecular complexity index is 787. The molecule has 1 N–H and O–H groups in total. The van der Waals surface area contributed by atoms with Gasteiger partial charge in [-0.15, -0.1) is 0 Å². The Balaban J connectivity index is 1.34. The molecule has 2 aromatic rings. The number of hydrogen-bond acceptors (Lipinski definition) is 5. The number of likely N-dealkylation sites (tertiary alicyclic amines) is 1. The molecule has 3 rings (SSSR count). The molecule has 1 aliphatic rings. The molecule has 0 saturated carbocycles. The first-order chi connectivity index (χ1) is 14.2. The second kappa shape index (κ2) is 10.5. The Morgan fingerprint density at radius 1 is 1.03 bits per heavy atom. The molecule has 1 saturated heterocycles. The van der Waals surface area contributed by atoms with Gasteiger partial charge < -0.3 is 19.7 Å². The van der Waals surface area contributed by atoms with Gasteiger partial charge in [0.25, 0.3) is 11.8 Å². The van der Waals surface area contributed by atoms with Crippen molar-refractivity contribution < 1.29 is 19.1 Å². The second-order valence-electron chi connectivity index (χ2n) is 6.97. The summed E-state index contributed by atoms with van der Waals surface area (Å²) in [6.07, 6.45) is 5.00. The number of nitrogens with zero attached hydrogens (tertiary/aromatic N) is 2. The number of piperidine rings is 1. The minimum atomic E-state index is -0.144. The molecule has 0 atom stereocenters. The van der Waals surface area contributed by atoms with Crippen LogP contribution in [0.4, 0.5) is 0 Å². The van der Waals surface area contributed by atoms with Gasteiger partial charge in [0.05, 0.1) is 6.61 Å². The Morgan fingerprint density at radius 2 is 1.66 bits per heavy atom. The highest BCUT2D eigenvalue weighted by atomic mass is 16.5. The summed E-state index contributed by atoms with van der Waals surface area (Å²) in [7, 11) is 0. The van der Waals surface area contributed by atoms with Crippen LogP contribution in [-0.4, -0.2) is 54.5 Å². The molecule has 1 aliphatic heterocycles. The van der Waals surface area contributed by atoms with Crippen molar-refractivity contribution >= 4 is 11.8 Å². The molecule has 2 amide bonds. The van der Waals surface area contributed by atoms with Gasteiger partial charge in [0, 0.05) is 37.6 Å². The molecule has 1 fully saturated rings. The Morgan fingerprint density at radius 3 is 2.28 bits per heavy atom. The fraction of sp³-hybridized carbons (Fsp3) is 0.409. The molecule has 0 spiro atoms. The number of rotatable bonds is 8. The number of nitrogens with one attached hydrogen (secondary N) is 1. The number of amides is 2. The summed E-state index contributed by atoms with van der Waals surface area (Å²) < 4.78 is 10.9. The van der Waals surface area contributed by atoms with Crippen LogP contribution in [0.1, 0.15) is 30.1 Å². The second-order valence-corrected chi connectivity index (χ2v) is 6.97. The molecule has 0 radical (unpaired) electrons. The molecule has 154 valence electrons. The van der Waals surface area contributed by atoms with Gasteiger partial charge in [-0.1, -0.05) is 0 Å². The average molecular weight is 397 g/mol. The standard InChI is InChI=1S/C22H27N3O4/c1-2-28-19-3-5-20(6-4-19)29-16-21(26)24-15-17-9-13-25(14-10-17)22(27)18-7-11-23-12-8-18/h3-8,11-12,17H,2,9-10,13-16H2,1H3,(H,24,26). The van der Waals surface area contributed by atoms with E-state index in [1.807, 2.05) is 24.0 Å². The van der Waals surface area contributed by atoms with Crippen molar-refractivity contribution in [2.75, 3.05) is 32.8 Å². The first-order valence-electron chi connectivity index (χ1n) is 9.97. The van der Waals surface area contributed by atoms with E-state index in [2.05, 4.69) is 10.3 Å². The normalized spacial score (nSPS) is 14.3. The van der Waals surface area contributed by atoms with Gasteiger partial charge >= 0.3 is 0 Å². The molecule has 7 nitrogen and oxygen atoms in total. The maximum atomic E-state index is 12.5. The van der Waals surface area contributed by atoms with Gasteiger partial charge in [-0.05, 0) is 62.1 Å². The third-order valence-electron chi connectivity index (χ3n) is 4.92. The van der Waals surface area contributed by atoms with E-state index >= 15 is 0 Å². The lowest BCUT2D eigenvalue weighted by atomic mass is 9.96. The van der Waals surface area contributed by atoms with E-state index in [0.29, 0.717) is 43.5 Å². The summed E-state index contributed by atoms with van der Waals surface area (Å²) in [5.74, 6) is 1.67. The fourth-order valence-corrected chi connectivity index (χ4v) is 3.27.